The maximum absolute atomic E-state index is 13.6. The molecule has 4 rings (SSSR count). The van der Waals surface area contributed by atoms with Crippen molar-refractivity contribution in [3.63, 3.8) is 0 Å². The molecule has 0 spiro atoms. The van der Waals surface area contributed by atoms with Crippen LogP contribution in [0.3, 0.4) is 0 Å². The minimum absolute atomic E-state index is 0.0627. The molecule has 3 aromatic carbocycles. The van der Waals surface area contributed by atoms with Crippen LogP contribution in [0.1, 0.15) is 43.7 Å². The summed E-state index contributed by atoms with van der Waals surface area (Å²) in [5, 5.41) is 2.69. The Morgan fingerprint density at radius 3 is 2.23 bits per heavy atom. The molecule has 0 fully saturated rings. The Bertz CT molecular complexity index is 1190. The molecule has 1 aliphatic heterocycles. The van der Waals surface area contributed by atoms with E-state index in [9.17, 15) is 9.18 Å². The zero-order valence-corrected chi connectivity index (χ0v) is 20.0. The highest BCUT2D eigenvalue weighted by atomic mass is 19.1. The lowest BCUT2D eigenvalue weighted by Crippen LogP contribution is -2.28. The number of carbonyl (C=O) groups is 1. The van der Waals surface area contributed by atoms with Crippen LogP contribution < -0.4 is 10.1 Å². The maximum Gasteiger partial charge on any atom is 0.412 e. The predicted molar refractivity (Wildman–Crippen MR) is 137 cm³/mol. The summed E-state index contributed by atoms with van der Waals surface area (Å²) in [5.41, 5.74) is 4.54. The summed E-state index contributed by atoms with van der Waals surface area (Å²) in [7, 11) is 0. The highest BCUT2D eigenvalue weighted by Gasteiger charge is 2.34. The van der Waals surface area contributed by atoms with Crippen molar-refractivity contribution in [3.8, 4) is 5.75 Å². The fraction of sp³-hybridized carbons (Fsp3) is 0.276. The molecule has 3 aromatic rings. The third-order valence-electron chi connectivity index (χ3n) is 6.01. The zero-order valence-electron chi connectivity index (χ0n) is 20.0. The van der Waals surface area contributed by atoms with Crippen molar-refractivity contribution >= 4 is 17.5 Å². The third kappa shape index (κ3) is 6.41. The van der Waals surface area contributed by atoms with Crippen LogP contribution >= 0.6 is 0 Å². The second-order valence-corrected chi connectivity index (χ2v) is 8.54. The number of nitrogens with one attached hydrogen (secondary N) is 1. The number of benzene rings is 3. The van der Waals surface area contributed by atoms with E-state index >= 15 is 0 Å². The molecule has 1 heterocycles. The van der Waals surface area contributed by atoms with Gasteiger partial charge in [-0.2, -0.15) is 0 Å². The Morgan fingerprint density at radius 2 is 1.51 bits per heavy atom. The highest BCUT2D eigenvalue weighted by Crippen LogP contribution is 2.19. The van der Waals surface area contributed by atoms with Gasteiger partial charge in [-0.15, -0.1) is 0 Å². The molecule has 6 heteroatoms. The number of amides is 1. The lowest BCUT2D eigenvalue weighted by Gasteiger charge is -2.09. The molecule has 1 amide bonds. The molecule has 0 radical (unpaired) electrons. The smallest absolute Gasteiger partial charge is 0.407 e. The molecule has 1 unspecified atom stereocenters. The summed E-state index contributed by atoms with van der Waals surface area (Å²) in [6, 6.07) is 26.7. The van der Waals surface area contributed by atoms with Gasteiger partial charge in [0.15, 0.2) is 11.6 Å². The van der Waals surface area contributed by atoms with Crippen molar-refractivity contribution in [2.75, 3.05) is 13.1 Å². The average molecular weight is 473 g/mol. The van der Waals surface area contributed by atoms with E-state index in [-0.39, 0.29) is 11.9 Å². The van der Waals surface area contributed by atoms with Crippen molar-refractivity contribution in [2.45, 2.75) is 38.8 Å². The van der Waals surface area contributed by atoms with Gasteiger partial charge in [0.25, 0.3) is 0 Å². The fourth-order valence-electron chi connectivity index (χ4n) is 4.26. The molecule has 0 aromatic heterocycles. The van der Waals surface area contributed by atoms with Crippen molar-refractivity contribution in [1.29, 1.82) is 0 Å². The molecular formula is C29H31FN3O2+. The standard InChI is InChI=1S/C29H30FN3O2/c1-22-32-27(23-14-6-4-7-15-23)28(24-16-8-5-9-17-24)33(22)21-13-3-2-12-20-31-29(34)35-26-19-11-10-18-25(26)30/h4-11,14-19,22H,2-3,12-13,20-21H2,1H3/p+1. The van der Waals surface area contributed by atoms with Gasteiger partial charge in [-0.3, -0.25) is 0 Å². The topological polar surface area (TPSA) is 53.7 Å². The largest absolute Gasteiger partial charge is 0.412 e. The van der Waals surface area contributed by atoms with Crippen molar-refractivity contribution in [1.82, 2.24) is 5.32 Å². The van der Waals surface area contributed by atoms with Crippen molar-refractivity contribution in [3.05, 3.63) is 102 Å². The first kappa shape index (κ1) is 24.3. The lowest BCUT2D eigenvalue weighted by atomic mass is 10.00. The molecule has 180 valence electrons. The molecule has 0 aliphatic carbocycles. The lowest BCUT2D eigenvalue weighted by molar-refractivity contribution is -0.555. The fourth-order valence-corrected chi connectivity index (χ4v) is 4.26. The van der Waals surface area contributed by atoms with E-state index in [2.05, 4.69) is 53.2 Å². The van der Waals surface area contributed by atoms with Gasteiger partial charge in [0.1, 0.15) is 12.3 Å². The Hall–Kier alpha value is -3.80. The second-order valence-electron chi connectivity index (χ2n) is 8.54. The number of aliphatic imine (C=N–C) groups is 1. The van der Waals surface area contributed by atoms with Gasteiger partial charge in [0.2, 0.25) is 11.9 Å². The van der Waals surface area contributed by atoms with E-state index in [1.165, 1.54) is 23.4 Å². The Balaban J connectivity index is 1.28. The van der Waals surface area contributed by atoms with Gasteiger partial charge in [-0.25, -0.2) is 18.8 Å². The van der Waals surface area contributed by atoms with E-state index in [0.717, 1.165) is 43.5 Å². The first-order valence-electron chi connectivity index (χ1n) is 12.2. The SMILES string of the molecule is CC1N=C(c2ccccc2)C(c2ccccc2)=[N+]1CCCCCCNC(=O)Oc1ccccc1F. The second kappa shape index (κ2) is 12.1. The highest BCUT2D eigenvalue weighted by molar-refractivity contribution is 6.52. The average Bonchev–Trinajstić information content (AvgIpc) is 3.22. The number of unbranched alkanes of at least 4 members (excludes halogenated alkanes) is 3. The van der Waals surface area contributed by atoms with Crippen LogP contribution in [-0.4, -0.2) is 41.3 Å². The maximum atomic E-state index is 13.6. The molecule has 0 bridgehead atoms. The van der Waals surface area contributed by atoms with Crippen LogP contribution in [-0.2, 0) is 0 Å². The van der Waals surface area contributed by atoms with Gasteiger partial charge in [-0.1, -0.05) is 67.1 Å². The number of carbonyl (C=O) groups excluding carboxylic acids is 1. The Kier molecular flexibility index (Phi) is 8.39. The van der Waals surface area contributed by atoms with Gasteiger partial charge in [-0.05, 0) is 37.1 Å². The van der Waals surface area contributed by atoms with Crippen molar-refractivity contribution in [2.24, 2.45) is 4.99 Å². The quantitative estimate of drug-likeness (QED) is 0.298. The minimum atomic E-state index is -0.631. The molecule has 1 atom stereocenters. The van der Waals surface area contributed by atoms with E-state index in [0.29, 0.717) is 6.54 Å². The summed E-state index contributed by atoms with van der Waals surface area (Å²) < 4.78 is 21.0. The summed E-state index contributed by atoms with van der Waals surface area (Å²) in [5.74, 6) is -0.614. The molecule has 0 saturated heterocycles. The van der Waals surface area contributed by atoms with Gasteiger partial charge in [0.05, 0.1) is 0 Å². The van der Waals surface area contributed by atoms with Gasteiger partial charge < -0.3 is 10.1 Å². The third-order valence-corrected chi connectivity index (χ3v) is 6.01. The number of rotatable bonds is 10. The number of ether oxygens (including phenoxy) is 1. The Morgan fingerprint density at radius 1 is 0.886 bits per heavy atom. The molecule has 1 N–H and O–H groups in total. The number of para-hydroxylation sites is 1. The first-order valence-corrected chi connectivity index (χ1v) is 12.2. The number of hydrogen-bond donors (Lipinski definition) is 1. The monoisotopic (exact) mass is 472 g/mol. The van der Waals surface area contributed by atoms with Crippen LogP contribution in [0, 0.1) is 5.82 Å². The summed E-state index contributed by atoms with van der Waals surface area (Å²) in [6.07, 6.45) is 3.33. The molecule has 35 heavy (non-hydrogen) atoms. The van der Waals surface area contributed by atoms with Gasteiger partial charge in [0, 0.05) is 31.0 Å². The van der Waals surface area contributed by atoms with Crippen LogP contribution in [0.2, 0.25) is 0 Å². The van der Waals surface area contributed by atoms with Gasteiger partial charge >= 0.3 is 6.09 Å². The molecule has 0 saturated carbocycles. The van der Waals surface area contributed by atoms with Crippen LogP contribution in [0.25, 0.3) is 0 Å². The number of nitrogens with zero attached hydrogens (tertiary/aromatic N) is 2. The zero-order chi connectivity index (χ0) is 24.5. The summed E-state index contributed by atoms with van der Waals surface area (Å²) in [4.78, 5) is 16.9. The van der Waals surface area contributed by atoms with E-state index in [4.69, 9.17) is 9.73 Å². The molecule has 1 aliphatic rings. The number of hydrogen-bond acceptors (Lipinski definition) is 3. The summed E-state index contributed by atoms with van der Waals surface area (Å²) in [6.45, 7) is 3.55. The van der Waals surface area contributed by atoms with Crippen LogP contribution in [0.4, 0.5) is 9.18 Å². The van der Waals surface area contributed by atoms with Crippen LogP contribution in [0.5, 0.6) is 5.75 Å². The Labute approximate surface area is 206 Å². The van der Waals surface area contributed by atoms with Crippen molar-refractivity contribution < 1.29 is 18.5 Å². The number of halogens is 1. The van der Waals surface area contributed by atoms with Crippen LogP contribution in [0.15, 0.2) is 89.9 Å². The molecule has 5 nitrogen and oxygen atoms in total. The van der Waals surface area contributed by atoms with E-state index in [1.807, 2.05) is 24.3 Å². The summed E-state index contributed by atoms with van der Waals surface area (Å²) >= 11 is 0. The normalized spacial score (nSPS) is 15.1. The predicted octanol–water partition coefficient (Wildman–Crippen LogP) is 5.83. The van der Waals surface area contributed by atoms with E-state index in [1.54, 1.807) is 12.1 Å². The van der Waals surface area contributed by atoms with E-state index < -0.39 is 11.9 Å². The minimum Gasteiger partial charge on any atom is -0.407 e. The first-order chi connectivity index (χ1) is 17.1. The molecular weight excluding hydrogens is 441 g/mol.